The SMILES string of the molecule is O=C(CCOc1cccc(Cl)c1Cl)Nc1ccc(NC(=O)CN2CCOCC2)cc1. The average Bonchev–Trinajstić information content (AvgIpc) is 2.73. The molecule has 1 heterocycles. The van der Waals surface area contributed by atoms with Crippen molar-refractivity contribution in [2.24, 2.45) is 0 Å². The molecular weight excluding hydrogens is 429 g/mol. The van der Waals surface area contributed by atoms with Crippen LogP contribution >= 0.6 is 23.2 Å². The maximum Gasteiger partial charge on any atom is 0.238 e. The van der Waals surface area contributed by atoms with E-state index in [1.807, 2.05) is 4.90 Å². The molecule has 1 aliphatic heterocycles. The molecule has 0 unspecified atom stereocenters. The maximum absolute atomic E-state index is 12.1. The summed E-state index contributed by atoms with van der Waals surface area (Å²) in [5.74, 6) is 0.164. The highest BCUT2D eigenvalue weighted by Crippen LogP contribution is 2.31. The fourth-order valence-electron chi connectivity index (χ4n) is 2.87. The van der Waals surface area contributed by atoms with Crippen molar-refractivity contribution < 1.29 is 19.1 Å². The van der Waals surface area contributed by atoms with Gasteiger partial charge >= 0.3 is 0 Å². The largest absolute Gasteiger partial charge is 0.491 e. The molecular formula is C21H23Cl2N3O4. The molecule has 0 atom stereocenters. The lowest BCUT2D eigenvalue weighted by Crippen LogP contribution is -2.41. The van der Waals surface area contributed by atoms with Gasteiger partial charge in [-0.05, 0) is 36.4 Å². The van der Waals surface area contributed by atoms with Crippen molar-refractivity contribution >= 4 is 46.4 Å². The average molecular weight is 452 g/mol. The lowest BCUT2D eigenvalue weighted by molar-refractivity contribution is -0.118. The van der Waals surface area contributed by atoms with Crippen LogP contribution in [0.3, 0.4) is 0 Å². The summed E-state index contributed by atoms with van der Waals surface area (Å²) in [4.78, 5) is 26.3. The molecule has 1 aliphatic rings. The summed E-state index contributed by atoms with van der Waals surface area (Å²) in [7, 11) is 0. The van der Waals surface area contributed by atoms with Gasteiger partial charge in [0.25, 0.3) is 0 Å². The summed E-state index contributed by atoms with van der Waals surface area (Å²) in [6, 6.07) is 12.0. The second-order valence-corrected chi connectivity index (χ2v) is 7.50. The molecule has 2 N–H and O–H groups in total. The van der Waals surface area contributed by atoms with E-state index in [1.165, 1.54) is 0 Å². The van der Waals surface area contributed by atoms with Crippen LogP contribution in [0.25, 0.3) is 0 Å². The topological polar surface area (TPSA) is 79.9 Å². The highest BCUT2D eigenvalue weighted by atomic mass is 35.5. The zero-order valence-corrected chi connectivity index (χ0v) is 17.8. The van der Waals surface area contributed by atoms with E-state index in [4.69, 9.17) is 32.7 Å². The van der Waals surface area contributed by atoms with Crippen LogP contribution < -0.4 is 15.4 Å². The zero-order chi connectivity index (χ0) is 21.3. The number of ether oxygens (including phenoxy) is 2. The molecule has 0 aromatic heterocycles. The predicted molar refractivity (Wildman–Crippen MR) is 118 cm³/mol. The van der Waals surface area contributed by atoms with E-state index < -0.39 is 0 Å². The lowest BCUT2D eigenvalue weighted by atomic mass is 10.2. The highest BCUT2D eigenvalue weighted by molar-refractivity contribution is 6.42. The van der Waals surface area contributed by atoms with Gasteiger partial charge in [-0.3, -0.25) is 14.5 Å². The molecule has 0 spiro atoms. The van der Waals surface area contributed by atoms with Crippen molar-refractivity contribution in [1.29, 1.82) is 0 Å². The Morgan fingerprint density at radius 2 is 1.60 bits per heavy atom. The molecule has 1 saturated heterocycles. The molecule has 0 aliphatic carbocycles. The standard InChI is InChI=1S/C21H23Cl2N3O4/c22-17-2-1-3-18(21(17)23)30-11-8-19(27)24-15-4-6-16(7-5-15)25-20(28)14-26-9-12-29-13-10-26/h1-7H,8-14H2,(H,24,27)(H,25,28). The van der Waals surface area contributed by atoms with Gasteiger partial charge in [-0.25, -0.2) is 0 Å². The van der Waals surface area contributed by atoms with E-state index >= 15 is 0 Å². The first-order valence-electron chi connectivity index (χ1n) is 9.58. The van der Waals surface area contributed by atoms with Gasteiger partial charge in [-0.1, -0.05) is 29.3 Å². The summed E-state index contributed by atoms with van der Waals surface area (Å²) >= 11 is 12.0. The quantitative estimate of drug-likeness (QED) is 0.639. The van der Waals surface area contributed by atoms with Crippen LogP contribution in [0.2, 0.25) is 10.0 Å². The summed E-state index contributed by atoms with van der Waals surface area (Å²) in [6.45, 7) is 3.31. The normalized spacial score (nSPS) is 14.2. The van der Waals surface area contributed by atoms with Gasteiger partial charge in [0.15, 0.2) is 0 Å². The summed E-state index contributed by atoms with van der Waals surface area (Å²) in [5, 5.41) is 6.37. The Morgan fingerprint density at radius 1 is 0.967 bits per heavy atom. The Balaban J connectivity index is 1.40. The number of benzene rings is 2. The molecule has 160 valence electrons. The highest BCUT2D eigenvalue weighted by Gasteiger charge is 2.14. The van der Waals surface area contributed by atoms with E-state index in [0.29, 0.717) is 46.9 Å². The first-order valence-corrected chi connectivity index (χ1v) is 10.3. The number of anilines is 2. The third-order valence-electron chi connectivity index (χ3n) is 4.43. The number of nitrogens with one attached hydrogen (secondary N) is 2. The van der Waals surface area contributed by atoms with Gasteiger partial charge < -0.3 is 20.1 Å². The number of rotatable bonds is 8. The number of carbonyl (C=O) groups excluding carboxylic acids is 2. The van der Waals surface area contributed by atoms with Gasteiger partial charge in [0, 0.05) is 24.5 Å². The van der Waals surface area contributed by atoms with Crippen LogP contribution in [0.4, 0.5) is 11.4 Å². The minimum atomic E-state index is -0.197. The van der Waals surface area contributed by atoms with Crippen molar-refractivity contribution in [1.82, 2.24) is 4.90 Å². The van der Waals surface area contributed by atoms with E-state index in [2.05, 4.69) is 10.6 Å². The first-order chi connectivity index (χ1) is 14.5. The molecule has 0 radical (unpaired) electrons. The van der Waals surface area contributed by atoms with Crippen molar-refractivity contribution in [3.8, 4) is 5.75 Å². The number of halogens is 2. The third-order valence-corrected chi connectivity index (χ3v) is 5.23. The second kappa shape index (κ2) is 11.2. The van der Waals surface area contributed by atoms with Crippen LogP contribution in [0.1, 0.15) is 6.42 Å². The van der Waals surface area contributed by atoms with Gasteiger partial charge in [-0.15, -0.1) is 0 Å². The van der Waals surface area contributed by atoms with Crippen LogP contribution in [0.5, 0.6) is 5.75 Å². The fraction of sp³-hybridized carbons (Fsp3) is 0.333. The molecule has 0 bridgehead atoms. The Labute approximate surface area is 185 Å². The Kier molecular flexibility index (Phi) is 8.33. The predicted octanol–water partition coefficient (Wildman–Crippen LogP) is 3.67. The maximum atomic E-state index is 12.1. The molecule has 30 heavy (non-hydrogen) atoms. The van der Waals surface area contributed by atoms with Gasteiger partial charge in [-0.2, -0.15) is 0 Å². The Hall–Kier alpha value is -2.32. The van der Waals surface area contributed by atoms with Crippen LogP contribution in [0, 0.1) is 0 Å². The van der Waals surface area contributed by atoms with Crippen LogP contribution in [-0.4, -0.2) is 56.2 Å². The Morgan fingerprint density at radius 3 is 2.27 bits per heavy atom. The number of hydrogen-bond acceptors (Lipinski definition) is 5. The lowest BCUT2D eigenvalue weighted by Gasteiger charge is -2.25. The summed E-state index contributed by atoms with van der Waals surface area (Å²) < 4.78 is 10.8. The van der Waals surface area contributed by atoms with Gasteiger partial charge in [0.2, 0.25) is 11.8 Å². The number of amides is 2. The molecule has 2 aromatic carbocycles. The second-order valence-electron chi connectivity index (χ2n) is 6.71. The smallest absolute Gasteiger partial charge is 0.238 e. The van der Waals surface area contributed by atoms with E-state index in [-0.39, 0.29) is 24.8 Å². The molecule has 7 nitrogen and oxygen atoms in total. The van der Waals surface area contributed by atoms with Crippen LogP contribution in [-0.2, 0) is 14.3 Å². The number of hydrogen-bond donors (Lipinski definition) is 2. The molecule has 2 aromatic rings. The first kappa shape index (κ1) is 22.4. The number of morpholine rings is 1. The van der Waals surface area contributed by atoms with Crippen LogP contribution in [0.15, 0.2) is 42.5 Å². The van der Waals surface area contributed by atoms with E-state index in [1.54, 1.807) is 42.5 Å². The molecule has 1 fully saturated rings. The number of carbonyl (C=O) groups is 2. The van der Waals surface area contributed by atoms with Crippen molar-refractivity contribution in [3.63, 3.8) is 0 Å². The molecule has 2 amide bonds. The minimum Gasteiger partial charge on any atom is -0.491 e. The van der Waals surface area contributed by atoms with Gasteiger partial charge in [0.05, 0.1) is 37.8 Å². The number of nitrogens with zero attached hydrogens (tertiary/aromatic N) is 1. The minimum absolute atomic E-state index is 0.0782. The fourth-order valence-corrected chi connectivity index (χ4v) is 3.22. The third kappa shape index (κ3) is 6.88. The van der Waals surface area contributed by atoms with Crippen molar-refractivity contribution in [2.45, 2.75) is 6.42 Å². The molecule has 3 rings (SSSR count). The molecule has 0 saturated carbocycles. The zero-order valence-electron chi connectivity index (χ0n) is 16.3. The Bertz CT molecular complexity index is 871. The summed E-state index contributed by atoms with van der Waals surface area (Å²) in [5.41, 5.74) is 1.30. The van der Waals surface area contributed by atoms with E-state index in [9.17, 15) is 9.59 Å². The monoisotopic (exact) mass is 451 g/mol. The molecule has 9 heteroatoms. The van der Waals surface area contributed by atoms with Crippen molar-refractivity contribution in [3.05, 3.63) is 52.5 Å². The van der Waals surface area contributed by atoms with Crippen molar-refractivity contribution in [2.75, 3.05) is 50.1 Å². The van der Waals surface area contributed by atoms with Gasteiger partial charge in [0.1, 0.15) is 10.8 Å². The van der Waals surface area contributed by atoms with E-state index in [0.717, 1.165) is 13.1 Å². The summed E-state index contributed by atoms with van der Waals surface area (Å²) in [6.07, 6.45) is 0.154.